The molecule has 0 aliphatic heterocycles. The molecule has 142 valence electrons. The van der Waals surface area contributed by atoms with Crippen LogP contribution in [0.1, 0.15) is 5.56 Å². The lowest BCUT2D eigenvalue weighted by molar-refractivity contribution is -0.113. The third-order valence-electron chi connectivity index (χ3n) is 3.74. The normalized spacial score (nSPS) is 10.2. The van der Waals surface area contributed by atoms with Gasteiger partial charge in [0, 0.05) is 11.6 Å². The first-order valence-corrected chi connectivity index (χ1v) is 9.19. The number of methoxy groups -OCH3 is 2. The number of amides is 1. The van der Waals surface area contributed by atoms with E-state index in [9.17, 15) is 4.79 Å². The molecule has 0 bridgehead atoms. The minimum absolute atomic E-state index is 0.110. The molecule has 0 unspecified atom stereocenters. The quantitative estimate of drug-likeness (QED) is 0.591. The van der Waals surface area contributed by atoms with E-state index < -0.39 is 0 Å². The number of anilines is 1. The summed E-state index contributed by atoms with van der Waals surface area (Å²) in [6.07, 6.45) is 0. The Bertz CT molecular complexity index is 1010. The summed E-state index contributed by atoms with van der Waals surface area (Å²) in [6.45, 7) is 0. The molecular weight excluding hydrogens is 378 g/mol. The molecule has 0 radical (unpaired) electrons. The van der Waals surface area contributed by atoms with Gasteiger partial charge in [-0.15, -0.1) is 5.10 Å². The van der Waals surface area contributed by atoms with E-state index in [2.05, 4.69) is 20.5 Å². The van der Waals surface area contributed by atoms with Gasteiger partial charge in [-0.25, -0.2) is 4.98 Å². The van der Waals surface area contributed by atoms with E-state index in [1.54, 1.807) is 44.6 Å². The van der Waals surface area contributed by atoms with Gasteiger partial charge < -0.3 is 14.8 Å². The van der Waals surface area contributed by atoms with Crippen molar-refractivity contribution in [3.05, 3.63) is 48.0 Å². The standard InChI is InChI=1S/C19H17N5O3S/c1-26-14-7-13(8-15(9-14)27-2)18-22-19(24-23-18)28-11-17(25)21-16-6-4-3-5-12(16)10-20/h3-9H,11H2,1-2H3,(H,21,25)(H,22,23,24). The molecule has 3 aromatic rings. The molecule has 0 aliphatic rings. The van der Waals surface area contributed by atoms with E-state index in [1.807, 2.05) is 18.2 Å². The molecule has 2 aromatic carbocycles. The van der Waals surface area contributed by atoms with Gasteiger partial charge in [0.15, 0.2) is 5.82 Å². The number of carbonyl (C=O) groups excluding carboxylic acids is 1. The minimum Gasteiger partial charge on any atom is -0.497 e. The Morgan fingerprint density at radius 2 is 1.93 bits per heavy atom. The van der Waals surface area contributed by atoms with Crippen molar-refractivity contribution in [2.24, 2.45) is 0 Å². The predicted octanol–water partition coefficient (Wildman–Crippen LogP) is 3.09. The van der Waals surface area contributed by atoms with E-state index in [0.717, 1.165) is 5.56 Å². The number of rotatable bonds is 7. The molecule has 1 aromatic heterocycles. The van der Waals surface area contributed by atoms with Crippen LogP contribution in [-0.4, -0.2) is 41.1 Å². The summed E-state index contributed by atoms with van der Waals surface area (Å²) in [5.41, 5.74) is 1.64. The lowest BCUT2D eigenvalue weighted by atomic mass is 10.2. The van der Waals surface area contributed by atoms with Crippen LogP contribution in [-0.2, 0) is 4.79 Å². The number of H-pyrrole nitrogens is 1. The summed E-state index contributed by atoms with van der Waals surface area (Å²) in [4.78, 5) is 16.6. The van der Waals surface area contributed by atoms with Crippen LogP contribution in [0.3, 0.4) is 0 Å². The number of aromatic amines is 1. The molecular formula is C19H17N5O3S. The van der Waals surface area contributed by atoms with E-state index in [-0.39, 0.29) is 11.7 Å². The van der Waals surface area contributed by atoms with Gasteiger partial charge in [-0.2, -0.15) is 5.26 Å². The molecule has 0 atom stereocenters. The predicted molar refractivity (Wildman–Crippen MR) is 105 cm³/mol. The van der Waals surface area contributed by atoms with Crippen LogP contribution in [0.15, 0.2) is 47.6 Å². The summed E-state index contributed by atoms with van der Waals surface area (Å²) in [6, 6.07) is 14.3. The van der Waals surface area contributed by atoms with E-state index in [0.29, 0.717) is 33.7 Å². The first-order chi connectivity index (χ1) is 13.6. The van der Waals surface area contributed by atoms with Gasteiger partial charge >= 0.3 is 0 Å². The Balaban J connectivity index is 1.65. The number of hydrogen-bond acceptors (Lipinski definition) is 7. The highest BCUT2D eigenvalue weighted by Crippen LogP contribution is 2.28. The number of benzene rings is 2. The Hall–Kier alpha value is -3.51. The lowest BCUT2D eigenvalue weighted by Crippen LogP contribution is -2.15. The summed E-state index contributed by atoms with van der Waals surface area (Å²) in [5.74, 6) is 1.67. The second-order valence-corrected chi connectivity index (χ2v) is 6.50. The van der Waals surface area contributed by atoms with Crippen LogP contribution in [0.2, 0.25) is 0 Å². The number of nitrogens with zero attached hydrogens (tertiary/aromatic N) is 3. The molecule has 8 nitrogen and oxygen atoms in total. The highest BCUT2D eigenvalue weighted by Gasteiger charge is 2.12. The minimum atomic E-state index is -0.248. The van der Waals surface area contributed by atoms with Crippen LogP contribution in [0, 0.1) is 11.3 Å². The second-order valence-electron chi connectivity index (χ2n) is 5.56. The largest absolute Gasteiger partial charge is 0.497 e. The molecule has 2 N–H and O–H groups in total. The fourth-order valence-corrected chi connectivity index (χ4v) is 2.99. The van der Waals surface area contributed by atoms with Crippen molar-refractivity contribution in [2.45, 2.75) is 5.16 Å². The number of para-hydroxylation sites is 1. The summed E-state index contributed by atoms with van der Waals surface area (Å²) in [5, 5.41) is 19.2. The average Bonchev–Trinajstić information content (AvgIpc) is 3.21. The van der Waals surface area contributed by atoms with Gasteiger partial charge in [0.1, 0.15) is 17.6 Å². The van der Waals surface area contributed by atoms with Gasteiger partial charge in [-0.1, -0.05) is 23.9 Å². The lowest BCUT2D eigenvalue weighted by Gasteiger charge is -2.06. The van der Waals surface area contributed by atoms with Crippen LogP contribution in [0.4, 0.5) is 5.69 Å². The van der Waals surface area contributed by atoms with E-state index >= 15 is 0 Å². The topological polar surface area (TPSA) is 113 Å². The van der Waals surface area contributed by atoms with Crippen molar-refractivity contribution in [1.29, 1.82) is 5.26 Å². The SMILES string of the molecule is COc1cc(OC)cc(-c2nc(SCC(=O)Nc3ccccc3C#N)n[nH]2)c1. The maximum atomic E-state index is 12.2. The van der Waals surface area contributed by atoms with Crippen molar-refractivity contribution < 1.29 is 14.3 Å². The smallest absolute Gasteiger partial charge is 0.234 e. The third kappa shape index (κ3) is 4.61. The first-order valence-electron chi connectivity index (χ1n) is 8.20. The summed E-state index contributed by atoms with van der Waals surface area (Å²) < 4.78 is 10.5. The molecule has 28 heavy (non-hydrogen) atoms. The molecule has 0 saturated carbocycles. The molecule has 0 saturated heterocycles. The number of nitriles is 1. The van der Waals surface area contributed by atoms with Crippen molar-refractivity contribution in [3.63, 3.8) is 0 Å². The fourth-order valence-electron chi connectivity index (χ4n) is 2.39. The number of aromatic nitrogens is 3. The van der Waals surface area contributed by atoms with Crippen LogP contribution < -0.4 is 14.8 Å². The van der Waals surface area contributed by atoms with Crippen molar-refractivity contribution in [3.8, 4) is 29.0 Å². The van der Waals surface area contributed by atoms with E-state index in [4.69, 9.17) is 14.7 Å². The molecule has 9 heteroatoms. The van der Waals surface area contributed by atoms with Crippen LogP contribution in [0.5, 0.6) is 11.5 Å². The maximum Gasteiger partial charge on any atom is 0.234 e. The number of thioether (sulfide) groups is 1. The van der Waals surface area contributed by atoms with Crippen LogP contribution >= 0.6 is 11.8 Å². The Kier molecular flexibility index (Phi) is 6.14. The average molecular weight is 395 g/mol. The Labute approximate surface area is 165 Å². The third-order valence-corrected chi connectivity index (χ3v) is 4.59. The fraction of sp³-hybridized carbons (Fsp3) is 0.158. The first kappa shape index (κ1) is 19.3. The van der Waals surface area contributed by atoms with Gasteiger partial charge in [-0.05, 0) is 24.3 Å². The van der Waals surface area contributed by atoms with Gasteiger partial charge in [0.2, 0.25) is 11.1 Å². The molecule has 3 rings (SSSR count). The number of ether oxygens (including phenoxy) is 2. The van der Waals surface area contributed by atoms with Gasteiger partial charge in [0.05, 0.1) is 31.2 Å². The highest BCUT2D eigenvalue weighted by molar-refractivity contribution is 7.99. The summed E-state index contributed by atoms with van der Waals surface area (Å²) in [7, 11) is 3.15. The van der Waals surface area contributed by atoms with Gasteiger partial charge in [-0.3, -0.25) is 9.89 Å². The van der Waals surface area contributed by atoms with Crippen molar-refractivity contribution in [1.82, 2.24) is 15.2 Å². The second kappa shape index (κ2) is 8.92. The van der Waals surface area contributed by atoms with E-state index in [1.165, 1.54) is 11.8 Å². The zero-order valence-electron chi connectivity index (χ0n) is 15.2. The van der Waals surface area contributed by atoms with Crippen LogP contribution in [0.25, 0.3) is 11.4 Å². The molecule has 0 fully saturated rings. The molecule has 0 spiro atoms. The van der Waals surface area contributed by atoms with Gasteiger partial charge in [0.25, 0.3) is 0 Å². The maximum absolute atomic E-state index is 12.2. The highest BCUT2D eigenvalue weighted by atomic mass is 32.2. The number of nitrogens with one attached hydrogen (secondary N) is 2. The molecule has 1 heterocycles. The zero-order valence-corrected chi connectivity index (χ0v) is 16.0. The monoisotopic (exact) mass is 395 g/mol. The Morgan fingerprint density at radius 3 is 2.61 bits per heavy atom. The molecule has 1 amide bonds. The summed E-state index contributed by atoms with van der Waals surface area (Å²) >= 11 is 1.19. The number of hydrogen-bond donors (Lipinski definition) is 2. The van der Waals surface area contributed by atoms with Crippen molar-refractivity contribution in [2.75, 3.05) is 25.3 Å². The Morgan fingerprint density at radius 1 is 1.21 bits per heavy atom. The molecule has 0 aliphatic carbocycles. The zero-order chi connectivity index (χ0) is 19.9. The number of carbonyl (C=O) groups is 1. The van der Waals surface area contributed by atoms with Crippen molar-refractivity contribution >= 4 is 23.4 Å².